The zero-order valence-electron chi connectivity index (χ0n) is 19.4. The van der Waals surface area contributed by atoms with Crippen LogP contribution in [0.25, 0.3) is 11.1 Å². The molecule has 1 amide bonds. The second kappa shape index (κ2) is 10.1. The number of oxazole rings is 1. The summed E-state index contributed by atoms with van der Waals surface area (Å²) in [6.45, 7) is 2.46. The summed E-state index contributed by atoms with van der Waals surface area (Å²) in [7, 11) is -0.253. The molecule has 1 aromatic heterocycles. The maximum Gasteiger partial charge on any atom is 0.419 e. The van der Waals surface area contributed by atoms with Crippen molar-refractivity contribution in [3.8, 4) is 0 Å². The van der Waals surface area contributed by atoms with Gasteiger partial charge in [0, 0.05) is 45.8 Å². The molecule has 4 rings (SSSR count). The monoisotopic (exact) mass is 486 g/mol. The van der Waals surface area contributed by atoms with Crippen LogP contribution >= 0.6 is 0 Å². The Labute approximate surface area is 199 Å². The van der Waals surface area contributed by atoms with Crippen molar-refractivity contribution in [3.63, 3.8) is 0 Å². The molecule has 0 bridgehead atoms. The summed E-state index contributed by atoms with van der Waals surface area (Å²) in [5, 5.41) is 2.96. The maximum absolute atomic E-state index is 13.2. The first kappa shape index (κ1) is 24.2. The molecule has 1 fully saturated rings. The van der Waals surface area contributed by atoms with Crippen LogP contribution in [0.5, 0.6) is 0 Å². The van der Waals surface area contributed by atoms with Crippen molar-refractivity contribution < 1.29 is 17.6 Å². The minimum absolute atomic E-state index is 0.0537. The Bertz CT molecular complexity index is 1320. The van der Waals surface area contributed by atoms with Crippen molar-refractivity contribution in [2.24, 2.45) is 13.0 Å². The average Bonchev–Trinajstić information content (AvgIpc) is 3.12. The highest BCUT2D eigenvalue weighted by molar-refractivity contribution is 7.89. The van der Waals surface area contributed by atoms with Crippen LogP contribution in [-0.4, -0.2) is 61.3 Å². The number of nitrogens with zero attached hydrogens (tertiary/aromatic N) is 3. The van der Waals surface area contributed by atoms with E-state index in [-0.39, 0.29) is 22.9 Å². The van der Waals surface area contributed by atoms with E-state index >= 15 is 0 Å². The second-order valence-corrected chi connectivity index (χ2v) is 10.7. The summed E-state index contributed by atoms with van der Waals surface area (Å²) in [6, 6.07) is 14.5. The van der Waals surface area contributed by atoms with E-state index in [2.05, 4.69) is 22.3 Å². The molecule has 1 aliphatic heterocycles. The molecule has 0 spiro atoms. The molecule has 3 aromatic rings. The van der Waals surface area contributed by atoms with E-state index in [4.69, 9.17) is 4.42 Å². The second-order valence-electron chi connectivity index (χ2n) is 8.77. The van der Waals surface area contributed by atoms with Crippen LogP contribution in [0, 0.1) is 5.92 Å². The maximum atomic E-state index is 13.2. The van der Waals surface area contributed by atoms with Gasteiger partial charge >= 0.3 is 5.76 Å². The van der Waals surface area contributed by atoms with Crippen LogP contribution in [0.4, 0.5) is 0 Å². The van der Waals surface area contributed by atoms with Crippen molar-refractivity contribution in [2.75, 3.05) is 33.2 Å². The van der Waals surface area contributed by atoms with Gasteiger partial charge in [-0.2, -0.15) is 4.31 Å². The van der Waals surface area contributed by atoms with Gasteiger partial charge in [0.1, 0.15) is 0 Å². The number of rotatable bonds is 8. The SMILES string of the molecule is CN(CCNC(=O)C1CCCN(S(=O)(=O)c2ccc3c(c2)oc(=O)n3C)C1)Cc1ccccc1. The van der Waals surface area contributed by atoms with Crippen LogP contribution in [0.15, 0.2) is 62.6 Å². The highest BCUT2D eigenvalue weighted by atomic mass is 32.2. The largest absolute Gasteiger partial charge is 0.419 e. The standard InChI is InChI=1S/C24H30N4O5S/c1-26(16-18-7-4-3-5-8-18)14-12-25-23(29)19-9-6-13-28(17-19)34(31,32)20-10-11-21-22(15-20)33-24(30)27(21)2/h3-5,7-8,10-11,15,19H,6,9,12-14,16-17H2,1-2H3,(H,25,29). The molecule has 1 saturated heterocycles. The topological polar surface area (TPSA) is 105 Å². The summed E-state index contributed by atoms with van der Waals surface area (Å²) in [5.74, 6) is -1.08. The van der Waals surface area contributed by atoms with Gasteiger partial charge in [0.2, 0.25) is 15.9 Å². The summed E-state index contributed by atoms with van der Waals surface area (Å²) >= 11 is 0. The molecule has 34 heavy (non-hydrogen) atoms. The molecule has 9 nitrogen and oxygen atoms in total. The lowest BCUT2D eigenvalue weighted by Gasteiger charge is -2.31. The van der Waals surface area contributed by atoms with Gasteiger partial charge in [-0.25, -0.2) is 13.2 Å². The number of likely N-dealkylation sites (N-methyl/N-ethyl adjacent to an activating group) is 1. The van der Waals surface area contributed by atoms with Crippen molar-refractivity contribution in [1.82, 2.24) is 19.1 Å². The summed E-state index contributed by atoms with van der Waals surface area (Å²) in [6.07, 6.45) is 1.25. The van der Waals surface area contributed by atoms with Gasteiger partial charge in [-0.1, -0.05) is 30.3 Å². The minimum Gasteiger partial charge on any atom is -0.408 e. The Morgan fingerprint density at radius 1 is 1.21 bits per heavy atom. The van der Waals surface area contributed by atoms with Crippen LogP contribution in [0.3, 0.4) is 0 Å². The van der Waals surface area contributed by atoms with E-state index in [0.29, 0.717) is 38.0 Å². The number of hydrogen-bond donors (Lipinski definition) is 1. The quantitative estimate of drug-likeness (QED) is 0.521. The number of carbonyl (C=O) groups is 1. The van der Waals surface area contributed by atoms with Crippen LogP contribution in [0.1, 0.15) is 18.4 Å². The van der Waals surface area contributed by atoms with Crippen LogP contribution < -0.4 is 11.1 Å². The molecule has 0 aliphatic carbocycles. The van der Waals surface area contributed by atoms with Crippen molar-refractivity contribution in [1.29, 1.82) is 0 Å². The number of aryl methyl sites for hydroxylation is 1. The lowest BCUT2D eigenvalue weighted by atomic mass is 9.99. The fourth-order valence-electron chi connectivity index (χ4n) is 4.29. The molecule has 2 aromatic carbocycles. The predicted octanol–water partition coefficient (Wildman–Crippen LogP) is 1.78. The van der Waals surface area contributed by atoms with Crippen molar-refractivity contribution in [2.45, 2.75) is 24.3 Å². The fourth-order valence-corrected chi connectivity index (χ4v) is 5.83. The van der Waals surface area contributed by atoms with Gasteiger partial charge in [0.05, 0.1) is 16.3 Å². The molecule has 0 saturated carbocycles. The van der Waals surface area contributed by atoms with Crippen molar-refractivity contribution in [3.05, 3.63) is 64.6 Å². The summed E-state index contributed by atoms with van der Waals surface area (Å²) in [4.78, 5) is 26.7. The van der Waals surface area contributed by atoms with Gasteiger partial charge in [-0.3, -0.25) is 9.36 Å². The van der Waals surface area contributed by atoms with Gasteiger partial charge < -0.3 is 14.6 Å². The third kappa shape index (κ3) is 5.24. The lowest BCUT2D eigenvalue weighted by Crippen LogP contribution is -2.46. The fraction of sp³-hybridized carbons (Fsp3) is 0.417. The zero-order chi connectivity index (χ0) is 24.3. The molecule has 182 valence electrons. The van der Waals surface area contributed by atoms with E-state index in [1.54, 1.807) is 13.1 Å². The molecule has 1 aliphatic rings. The molecule has 1 unspecified atom stereocenters. The molecule has 2 heterocycles. The molecular formula is C24H30N4O5S. The molecule has 1 N–H and O–H groups in total. The number of piperidine rings is 1. The number of hydrogen-bond acceptors (Lipinski definition) is 6. The Hall–Kier alpha value is -2.95. The lowest BCUT2D eigenvalue weighted by molar-refractivity contribution is -0.126. The normalized spacial score (nSPS) is 17.3. The van der Waals surface area contributed by atoms with E-state index < -0.39 is 21.7 Å². The number of sulfonamides is 1. The number of fused-ring (bicyclic) bond motifs is 1. The first-order chi connectivity index (χ1) is 16.3. The first-order valence-corrected chi connectivity index (χ1v) is 12.8. The van der Waals surface area contributed by atoms with Gasteiger partial charge in [-0.15, -0.1) is 0 Å². The summed E-state index contributed by atoms with van der Waals surface area (Å²) < 4.78 is 34.3. The van der Waals surface area contributed by atoms with E-state index in [9.17, 15) is 18.0 Å². The third-order valence-corrected chi connectivity index (χ3v) is 8.11. The first-order valence-electron chi connectivity index (χ1n) is 11.4. The number of nitrogens with one attached hydrogen (secondary N) is 1. The predicted molar refractivity (Wildman–Crippen MR) is 129 cm³/mol. The highest BCUT2D eigenvalue weighted by Crippen LogP contribution is 2.26. The number of aromatic nitrogens is 1. The molecule has 10 heteroatoms. The highest BCUT2D eigenvalue weighted by Gasteiger charge is 2.33. The van der Waals surface area contributed by atoms with Gasteiger partial charge in [-0.05, 0) is 37.6 Å². The number of carbonyl (C=O) groups excluding carboxylic acids is 1. The number of amides is 1. The van der Waals surface area contributed by atoms with E-state index in [1.165, 1.54) is 26.6 Å². The minimum atomic E-state index is -3.82. The van der Waals surface area contributed by atoms with Crippen LogP contribution in [0.2, 0.25) is 0 Å². The number of benzene rings is 2. The summed E-state index contributed by atoms with van der Waals surface area (Å²) in [5.41, 5.74) is 1.95. The smallest absolute Gasteiger partial charge is 0.408 e. The van der Waals surface area contributed by atoms with Crippen LogP contribution in [-0.2, 0) is 28.4 Å². The zero-order valence-corrected chi connectivity index (χ0v) is 20.3. The Morgan fingerprint density at radius 3 is 2.74 bits per heavy atom. The van der Waals surface area contributed by atoms with Gasteiger partial charge in [0.15, 0.2) is 5.58 Å². The molecular weight excluding hydrogens is 456 g/mol. The molecule has 1 atom stereocenters. The molecule has 0 radical (unpaired) electrons. The Kier molecular flexibility index (Phi) is 7.20. The third-order valence-electron chi connectivity index (χ3n) is 6.24. The Balaban J connectivity index is 1.34. The van der Waals surface area contributed by atoms with Crippen molar-refractivity contribution >= 4 is 27.0 Å². The average molecular weight is 487 g/mol. The Morgan fingerprint density at radius 2 is 1.97 bits per heavy atom. The van der Waals surface area contributed by atoms with E-state index in [1.807, 2.05) is 25.2 Å². The van der Waals surface area contributed by atoms with E-state index in [0.717, 1.165) is 6.54 Å². The van der Waals surface area contributed by atoms with Gasteiger partial charge in [0.25, 0.3) is 0 Å².